The minimum absolute atomic E-state index is 0.202. The Kier molecular flexibility index (Phi) is 4.36. The first-order valence-corrected chi connectivity index (χ1v) is 5.78. The summed E-state index contributed by atoms with van der Waals surface area (Å²) in [7, 11) is -0.202. The second-order valence-corrected chi connectivity index (χ2v) is 4.42. The van der Waals surface area contributed by atoms with Crippen LogP contribution >= 0.6 is 0 Å². The van der Waals surface area contributed by atoms with Crippen LogP contribution in [0.1, 0.15) is 5.56 Å². The average molecular weight is 341 g/mol. The van der Waals surface area contributed by atoms with Gasteiger partial charge in [0.15, 0.2) is 52.4 Å². The van der Waals surface area contributed by atoms with Crippen LogP contribution in [0.4, 0.5) is 39.5 Å². The molecule has 0 aliphatic rings. The molecule has 0 N–H and O–H groups in total. The summed E-state index contributed by atoms with van der Waals surface area (Å²) in [5.74, 6) is -19.8. The fourth-order valence-corrected chi connectivity index (χ4v) is 1.78. The van der Waals surface area contributed by atoms with Crippen molar-refractivity contribution >= 4 is 18.2 Å². The first kappa shape index (κ1) is 17.2. The average Bonchev–Trinajstić information content (AvgIpc) is 2.54. The quantitative estimate of drug-likeness (QED) is 0.341. The maximum Gasteiger partial charge on any atom is 0.207 e. The first-order valence-electron chi connectivity index (χ1n) is 5.78. The van der Waals surface area contributed by atoms with Crippen molar-refractivity contribution in [3.8, 4) is 0 Å². The highest BCUT2D eigenvalue weighted by Gasteiger charge is 2.30. The highest BCUT2D eigenvalue weighted by molar-refractivity contribution is 6.67. The summed E-state index contributed by atoms with van der Waals surface area (Å²) in [5, 5.41) is 0. The predicted octanol–water partition coefficient (Wildman–Crippen LogP) is 2.90. The molecule has 0 unspecified atom stereocenters. The summed E-state index contributed by atoms with van der Waals surface area (Å²) in [6, 6.07) is 0. The molecule has 2 aromatic rings. The third-order valence-electron chi connectivity index (χ3n) is 3.05. The van der Waals surface area contributed by atoms with Crippen LogP contribution in [0.3, 0.4) is 0 Å². The molecule has 23 heavy (non-hydrogen) atoms. The zero-order chi connectivity index (χ0) is 17.6. The lowest BCUT2D eigenvalue weighted by Crippen LogP contribution is -2.39. The van der Waals surface area contributed by atoms with Crippen molar-refractivity contribution in [2.75, 3.05) is 0 Å². The lowest BCUT2D eigenvalue weighted by atomic mass is 9.62. The minimum Gasteiger partial charge on any atom is -0.204 e. The van der Waals surface area contributed by atoms with Crippen LogP contribution in [0, 0.1) is 59.3 Å². The SMILES string of the molecule is Cc1c(F)c(F)c([B]c2c(F)c(F)c(F)c(F)c2F)c(F)c1F. The van der Waals surface area contributed by atoms with Gasteiger partial charge in [0.1, 0.15) is 0 Å². The van der Waals surface area contributed by atoms with Crippen LogP contribution in [0.25, 0.3) is 0 Å². The maximum atomic E-state index is 13.6. The Labute approximate surface area is 123 Å². The van der Waals surface area contributed by atoms with Gasteiger partial charge in [-0.05, 0) is 17.8 Å². The van der Waals surface area contributed by atoms with Crippen LogP contribution in [-0.4, -0.2) is 7.28 Å². The molecule has 0 spiro atoms. The van der Waals surface area contributed by atoms with Gasteiger partial charge in [-0.15, -0.1) is 0 Å². The smallest absolute Gasteiger partial charge is 0.204 e. The molecule has 2 aromatic carbocycles. The van der Waals surface area contributed by atoms with Crippen LogP contribution in [0.15, 0.2) is 0 Å². The van der Waals surface area contributed by atoms with Gasteiger partial charge in [0.25, 0.3) is 0 Å². The van der Waals surface area contributed by atoms with Crippen molar-refractivity contribution in [3.05, 3.63) is 57.9 Å². The van der Waals surface area contributed by atoms with Gasteiger partial charge >= 0.3 is 0 Å². The van der Waals surface area contributed by atoms with E-state index in [0.29, 0.717) is 6.92 Å². The van der Waals surface area contributed by atoms with Gasteiger partial charge in [0.05, 0.1) is 0 Å². The molecule has 0 atom stereocenters. The van der Waals surface area contributed by atoms with E-state index in [-0.39, 0.29) is 7.28 Å². The van der Waals surface area contributed by atoms with Gasteiger partial charge in [-0.2, -0.15) is 0 Å². The first-order chi connectivity index (χ1) is 10.6. The minimum atomic E-state index is -2.49. The van der Waals surface area contributed by atoms with E-state index in [1.54, 1.807) is 0 Å². The number of hydrogen-bond acceptors (Lipinski definition) is 0. The van der Waals surface area contributed by atoms with Crippen LogP contribution in [-0.2, 0) is 0 Å². The van der Waals surface area contributed by atoms with E-state index in [1.165, 1.54) is 0 Å². The normalized spacial score (nSPS) is 11.0. The second-order valence-electron chi connectivity index (χ2n) is 4.42. The molecule has 0 saturated heterocycles. The molecule has 0 aliphatic heterocycles. The molecule has 0 heterocycles. The van der Waals surface area contributed by atoms with Crippen LogP contribution in [0.2, 0.25) is 0 Å². The Bertz CT molecular complexity index is 691. The van der Waals surface area contributed by atoms with Crippen LogP contribution < -0.4 is 10.9 Å². The lowest BCUT2D eigenvalue weighted by molar-refractivity contribution is 0.384. The van der Waals surface area contributed by atoms with Crippen molar-refractivity contribution in [2.24, 2.45) is 0 Å². The monoisotopic (exact) mass is 341 g/mol. The zero-order valence-electron chi connectivity index (χ0n) is 11.0. The standard InChI is InChI=1S/C13H3BF9/c1-2-5(15)7(17)3(8(18)6(2)16)14-4-9(19)11(21)13(23)12(22)10(4)20/h1H3. The highest BCUT2D eigenvalue weighted by Crippen LogP contribution is 2.18. The van der Waals surface area contributed by atoms with Gasteiger partial charge in [-0.3, -0.25) is 0 Å². The molecule has 0 saturated carbocycles. The van der Waals surface area contributed by atoms with E-state index in [0.717, 1.165) is 0 Å². The third kappa shape index (κ3) is 2.55. The van der Waals surface area contributed by atoms with Gasteiger partial charge in [0.2, 0.25) is 7.28 Å². The molecule has 0 nitrogen and oxygen atoms in total. The van der Waals surface area contributed by atoms with Crippen molar-refractivity contribution in [3.63, 3.8) is 0 Å². The van der Waals surface area contributed by atoms with E-state index < -0.39 is 68.8 Å². The van der Waals surface area contributed by atoms with Crippen molar-refractivity contribution in [1.29, 1.82) is 0 Å². The number of halogens is 9. The second kappa shape index (κ2) is 5.82. The van der Waals surface area contributed by atoms with Gasteiger partial charge in [-0.25, -0.2) is 39.5 Å². The maximum absolute atomic E-state index is 13.6. The number of benzene rings is 2. The molecule has 1 radical (unpaired) electrons. The number of rotatable bonds is 2. The molecule has 0 amide bonds. The zero-order valence-corrected chi connectivity index (χ0v) is 11.0. The van der Waals surface area contributed by atoms with Gasteiger partial charge < -0.3 is 0 Å². The molecule has 121 valence electrons. The summed E-state index contributed by atoms with van der Waals surface area (Å²) in [5.41, 5.74) is -4.40. The summed E-state index contributed by atoms with van der Waals surface area (Å²) in [6.45, 7) is 0.693. The molecular formula is C13H3BF9. The predicted molar refractivity (Wildman–Crippen MR) is 62.3 cm³/mol. The molecule has 0 aromatic heterocycles. The topological polar surface area (TPSA) is 0 Å². The van der Waals surface area contributed by atoms with Crippen LogP contribution in [0.5, 0.6) is 0 Å². The van der Waals surface area contributed by atoms with Gasteiger partial charge in [0, 0.05) is 5.56 Å². The summed E-state index contributed by atoms with van der Waals surface area (Å²) in [6.07, 6.45) is 0. The van der Waals surface area contributed by atoms with E-state index in [4.69, 9.17) is 0 Å². The Balaban J connectivity index is 2.71. The molecule has 0 aliphatic carbocycles. The molecule has 10 heteroatoms. The van der Waals surface area contributed by atoms with Gasteiger partial charge in [-0.1, -0.05) is 0 Å². The van der Waals surface area contributed by atoms with Crippen molar-refractivity contribution in [2.45, 2.75) is 6.92 Å². The fourth-order valence-electron chi connectivity index (χ4n) is 1.78. The summed E-state index contributed by atoms with van der Waals surface area (Å²) >= 11 is 0. The highest BCUT2D eigenvalue weighted by atomic mass is 19.2. The Morgan fingerprint density at radius 1 is 0.435 bits per heavy atom. The van der Waals surface area contributed by atoms with E-state index in [2.05, 4.69) is 0 Å². The van der Waals surface area contributed by atoms with Crippen molar-refractivity contribution < 1.29 is 39.5 Å². The Morgan fingerprint density at radius 2 is 0.696 bits per heavy atom. The Hall–Kier alpha value is -2.13. The molecule has 2 rings (SSSR count). The fraction of sp³-hybridized carbons (Fsp3) is 0.0769. The molecule has 0 bridgehead atoms. The Morgan fingerprint density at radius 3 is 1.04 bits per heavy atom. The third-order valence-corrected chi connectivity index (χ3v) is 3.05. The van der Waals surface area contributed by atoms with E-state index >= 15 is 0 Å². The summed E-state index contributed by atoms with van der Waals surface area (Å²) < 4.78 is 120. The lowest BCUT2D eigenvalue weighted by Gasteiger charge is -2.11. The van der Waals surface area contributed by atoms with E-state index in [1.807, 2.05) is 0 Å². The molecular weight excluding hydrogens is 338 g/mol. The van der Waals surface area contributed by atoms with E-state index in [9.17, 15) is 39.5 Å². The largest absolute Gasteiger partial charge is 0.207 e. The summed E-state index contributed by atoms with van der Waals surface area (Å²) in [4.78, 5) is 0. The molecule has 0 fully saturated rings. The number of hydrogen-bond donors (Lipinski definition) is 0. The van der Waals surface area contributed by atoms with Crippen molar-refractivity contribution in [1.82, 2.24) is 0 Å².